The number of carbonyl (C=O) groups is 3. The minimum Gasteiger partial charge on any atom is -0.481 e. The maximum absolute atomic E-state index is 11.8. The molecule has 21 heavy (non-hydrogen) atoms. The van der Waals surface area contributed by atoms with Gasteiger partial charge in [0.05, 0.1) is 12.5 Å². The number of carboxylic acids is 2. The van der Waals surface area contributed by atoms with Crippen LogP contribution in [0.1, 0.15) is 30.9 Å². The van der Waals surface area contributed by atoms with Crippen molar-refractivity contribution < 1.29 is 24.6 Å². The average molecular weight is 294 g/mol. The first kappa shape index (κ1) is 16.6. The molecule has 0 spiro atoms. The standard InChI is InChI=1S/C14H18N2O5/c15-10(14(20)21)6-7-12(17)16-11(8-13(18)19)9-4-2-1-3-5-9/h1-5,10-11H,6-8,15H2,(H,16,17)(H,18,19)(H,20,21). The van der Waals surface area contributed by atoms with Gasteiger partial charge in [0.2, 0.25) is 5.91 Å². The molecule has 1 rings (SSSR count). The summed E-state index contributed by atoms with van der Waals surface area (Å²) in [5.74, 6) is -2.64. The van der Waals surface area contributed by atoms with Crippen molar-refractivity contribution in [1.29, 1.82) is 0 Å². The van der Waals surface area contributed by atoms with Crippen LogP contribution in [-0.4, -0.2) is 34.1 Å². The van der Waals surface area contributed by atoms with Crippen LogP contribution in [0.15, 0.2) is 30.3 Å². The van der Waals surface area contributed by atoms with Gasteiger partial charge >= 0.3 is 11.9 Å². The molecule has 7 nitrogen and oxygen atoms in total. The number of benzene rings is 1. The normalized spacial score (nSPS) is 13.2. The van der Waals surface area contributed by atoms with Crippen LogP contribution < -0.4 is 11.1 Å². The molecule has 114 valence electrons. The van der Waals surface area contributed by atoms with E-state index in [1.165, 1.54) is 0 Å². The Morgan fingerprint density at radius 3 is 2.29 bits per heavy atom. The van der Waals surface area contributed by atoms with Crippen molar-refractivity contribution in [3.63, 3.8) is 0 Å². The number of hydrogen-bond acceptors (Lipinski definition) is 4. The molecule has 0 bridgehead atoms. The number of aliphatic carboxylic acids is 2. The second-order valence-electron chi connectivity index (χ2n) is 4.61. The molecule has 1 amide bonds. The maximum atomic E-state index is 11.8. The van der Waals surface area contributed by atoms with Gasteiger partial charge in [-0.25, -0.2) is 0 Å². The fraction of sp³-hybridized carbons (Fsp3) is 0.357. The summed E-state index contributed by atoms with van der Waals surface area (Å²) < 4.78 is 0. The minimum absolute atomic E-state index is 0.00422. The quantitative estimate of drug-likeness (QED) is 0.552. The first-order chi connectivity index (χ1) is 9.90. The fourth-order valence-corrected chi connectivity index (χ4v) is 1.79. The summed E-state index contributed by atoms with van der Waals surface area (Å²) in [6.45, 7) is 0. The molecule has 2 atom stereocenters. The summed E-state index contributed by atoms with van der Waals surface area (Å²) in [6.07, 6.45) is -0.326. The molecular formula is C14H18N2O5. The van der Waals surface area contributed by atoms with E-state index in [0.717, 1.165) is 0 Å². The number of rotatable bonds is 8. The molecule has 1 aromatic carbocycles. The fourth-order valence-electron chi connectivity index (χ4n) is 1.79. The molecule has 1 aromatic rings. The monoisotopic (exact) mass is 294 g/mol. The van der Waals surface area contributed by atoms with Crippen molar-refractivity contribution in [3.05, 3.63) is 35.9 Å². The van der Waals surface area contributed by atoms with E-state index in [2.05, 4.69) is 5.32 Å². The van der Waals surface area contributed by atoms with Crippen LogP contribution in [0.25, 0.3) is 0 Å². The summed E-state index contributed by atoms with van der Waals surface area (Å²) in [5, 5.41) is 20.1. The van der Waals surface area contributed by atoms with Gasteiger partial charge in [-0.1, -0.05) is 30.3 Å². The second kappa shape index (κ2) is 8.01. The molecule has 0 aliphatic carbocycles. The number of nitrogens with one attached hydrogen (secondary N) is 1. The lowest BCUT2D eigenvalue weighted by Gasteiger charge is -2.17. The molecule has 7 heteroatoms. The zero-order chi connectivity index (χ0) is 15.8. The van der Waals surface area contributed by atoms with E-state index in [9.17, 15) is 14.4 Å². The van der Waals surface area contributed by atoms with Crippen LogP contribution in [0.2, 0.25) is 0 Å². The van der Waals surface area contributed by atoms with Gasteiger partial charge in [-0.2, -0.15) is 0 Å². The Morgan fingerprint density at radius 1 is 1.14 bits per heavy atom. The zero-order valence-electron chi connectivity index (χ0n) is 11.4. The van der Waals surface area contributed by atoms with Gasteiger partial charge in [0, 0.05) is 6.42 Å². The summed E-state index contributed by atoms with van der Waals surface area (Å²) in [6, 6.07) is 6.96. The first-order valence-electron chi connectivity index (χ1n) is 6.44. The summed E-state index contributed by atoms with van der Waals surface area (Å²) in [4.78, 5) is 33.2. The highest BCUT2D eigenvalue weighted by molar-refractivity contribution is 5.79. The molecular weight excluding hydrogens is 276 g/mol. The van der Waals surface area contributed by atoms with Crippen molar-refractivity contribution >= 4 is 17.8 Å². The number of nitrogens with two attached hydrogens (primary N) is 1. The predicted octanol–water partition coefficient (Wildman–Crippen LogP) is 0.511. The Morgan fingerprint density at radius 2 is 1.76 bits per heavy atom. The largest absolute Gasteiger partial charge is 0.481 e. The molecule has 2 unspecified atom stereocenters. The van der Waals surface area contributed by atoms with Gasteiger partial charge < -0.3 is 21.3 Å². The van der Waals surface area contributed by atoms with Gasteiger partial charge in [0.25, 0.3) is 0 Å². The summed E-state index contributed by atoms with van der Waals surface area (Å²) >= 11 is 0. The van der Waals surface area contributed by atoms with E-state index >= 15 is 0 Å². The van der Waals surface area contributed by atoms with Crippen molar-refractivity contribution in [2.75, 3.05) is 0 Å². The molecule has 0 fully saturated rings. The van der Waals surface area contributed by atoms with Gasteiger partial charge in [0.1, 0.15) is 6.04 Å². The summed E-state index contributed by atoms with van der Waals surface area (Å²) in [5.41, 5.74) is 5.99. The Balaban J connectivity index is 2.63. The van der Waals surface area contributed by atoms with Crippen molar-refractivity contribution in [2.45, 2.75) is 31.3 Å². The highest BCUT2D eigenvalue weighted by Gasteiger charge is 2.19. The molecule has 0 aromatic heterocycles. The topological polar surface area (TPSA) is 130 Å². The van der Waals surface area contributed by atoms with Crippen molar-refractivity contribution in [1.82, 2.24) is 5.32 Å². The Hall–Kier alpha value is -2.41. The van der Waals surface area contributed by atoms with Crippen LogP contribution in [0.5, 0.6) is 0 Å². The van der Waals surface area contributed by atoms with Crippen LogP contribution in [0.4, 0.5) is 0 Å². The zero-order valence-corrected chi connectivity index (χ0v) is 11.4. The number of amides is 1. The van der Waals surface area contributed by atoms with Crippen LogP contribution >= 0.6 is 0 Å². The number of carbonyl (C=O) groups excluding carboxylic acids is 1. The van der Waals surface area contributed by atoms with E-state index in [0.29, 0.717) is 5.56 Å². The highest BCUT2D eigenvalue weighted by atomic mass is 16.4. The van der Waals surface area contributed by atoms with E-state index in [1.807, 2.05) is 0 Å². The van der Waals surface area contributed by atoms with Crippen LogP contribution in [0.3, 0.4) is 0 Å². The highest BCUT2D eigenvalue weighted by Crippen LogP contribution is 2.16. The van der Waals surface area contributed by atoms with Gasteiger partial charge in [0.15, 0.2) is 0 Å². The SMILES string of the molecule is NC(CCC(=O)NC(CC(=O)O)c1ccccc1)C(=O)O. The third-order valence-electron chi connectivity index (χ3n) is 2.92. The van der Waals surface area contributed by atoms with Gasteiger partial charge in [-0.05, 0) is 12.0 Å². The molecule has 0 saturated carbocycles. The second-order valence-corrected chi connectivity index (χ2v) is 4.61. The van der Waals surface area contributed by atoms with Crippen LogP contribution in [-0.2, 0) is 14.4 Å². The third-order valence-corrected chi connectivity index (χ3v) is 2.92. The lowest BCUT2D eigenvalue weighted by molar-refractivity contribution is -0.139. The molecule has 0 heterocycles. The average Bonchev–Trinajstić information content (AvgIpc) is 2.44. The molecule has 0 radical (unpaired) electrons. The lowest BCUT2D eigenvalue weighted by atomic mass is 10.0. The molecule has 5 N–H and O–H groups in total. The first-order valence-corrected chi connectivity index (χ1v) is 6.44. The minimum atomic E-state index is -1.17. The molecule has 0 saturated heterocycles. The Labute approximate surface area is 121 Å². The smallest absolute Gasteiger partial charge is 0.320 e. The molecule has 0 aliphatic rings. The lowest BCUT2D eigenvalue weighted by Crippen LogP contribution is -2.34. The van der Waals surface area contributed by atoms with Gasteiger partial charge in [-0.15, -0.1) is 0 Å². The van der Waals surface area contributed by atoms with Crippen molar-refractivity contribution in [3.8, 4) is 0 Å². The van der Waals surface area contributed by atoms with Crippen molar-refractivity contribution in [2.24, 2.45) is 5.73 Å². The predicted molar refractivity (Wildman–Crippen MR) is 74.4 cm³/mol. The van der Waals surface area contributed by atoms with Gasteiger partial charge in [-0.3, -0.25) is 14.4 Å². The number of carboxylic acid groups (broad SMARTS) is 2. The third kappa shape index (κ3) is 6.05. The molecule has 0 aliphatic heterocycles. The van der Waals surface area contributed by atoms with E-state index in [1.54, 1.807) is 30.3 Å². The Kier molecular flexibility index (Phi) is 6.35. The van der Waals surface area contributed by atoms with E-state index in [-0.39, 0.29) is 19.3 Å². The summed E-state index contributed by atoms with van der Waals surface area (Å²) in [7, 11) is 0. The number of hydrogen-bond donors (Lipinski definition) is 4. The van der Waals surface area contributed by atoms with E-state index in [4.69, 9.17) is 15.9 Å². The van der Waals surface area contributed by atoms with E-state index < -0.39 is 29.9 Å². The Bertz CT molecular complexity index is 503. The van der Waals surface area contributed by atoms with Crippen LogP contribution in [0, 0.1) is 0 Å². The maximum Gasteiger partial charge on any atom is 0.320 e.